The Morgan fingerprint density at radius 2 is 1.94 bits per heavy atom. The fraction of sp³-hybridized carbons (Fsp3) is 0.733. The standard InChI is InChI=1S/C15H28N2O/c1-11(2)17(6)9-7-8-16-13(4)15-10-12(3)18-14(15)5/h10-11,13,16H,7-9H2,1-6H3. The molecule has 1 aromatic heterocycles. The van der Waals surface area contributed by atoms with Crippen LogP contribution >= 0.6 is 0 Å². The number of furan rings is 1. The predicted molar refractivity (Wildman–Crippen MR) is 77.0 cm³/mol. The Hall–Kier alpha value is -0.800. The molecule has 3 nitrogen and oxygen atoms in total. The first kappa shape index (κ1) is 15.3. The van der Waals surface area contributed by atoms with E-state index in [1.54, 1.807) is 0 Å². The first-order valence-electron chi connectivity index (χ1n) is 6.92. The third kappa shape index (κ3) is 4.46. The summed E-state index contributed by atoms with van der Waals surface area (Å²) in [5.41, 5.74) is 1.28. The van der Waals surface area contributed by atoms with Gasteiger partial charge in [-0.1, -0.05) is 0 Å². The monoisotopic (exact) mass is 252 g/mol. The van der Waals surface area contributed by atoms with E-state index in [0.29, 0.717) is 12.1 Å². The molecule has 0 saturated heterocycles. The van der Waals surface area contributed by atoms with Crippen LogP contribution in [-0.2, 0) is 0 Å². The molecule has 104 valence electrons. The fourth-order valence-corrected chi connectivity index (χ4v) is 2.10. The van der Waals surface area contributed by atoms with E-state index in [0.717, 1.165) is 24.6 Å². The van der Waals surface area contributed by atoms with Crippen LogP contribution in [0.3, 0.4) is 0 Å². The minimum Gasteiger partial charge on any atom is -0.466 e. The van der Waals surface area contributed by atoms with E-state index in [1.807, 2.05) is 13.8 Å². The summed E-state index contributed by atoms with van der Waals surface area (Å²) in [5.74, 6) is 2.03. The first-order chi connectivity index (χ1) is 8.41. The van der Waals surface area contributed by atoms with E-state index < -0.39 is 0 Å². The molecule has 1 aromatic rings. The molecule has 1 rings (SSSR count). The summed E-state index contributed by atoms with van der Waals surface area (Å²) in [6.45, 7) is 12.9. The zero-order valence-corrected chi connectivity index (χ0v) is 12.7. The molecule has 0 aliphatic rings. The summed E-state index contributed by atoms with van der Waals surface area (Å²) in [4.78, 5) is 2.37. The Bertz CT molecular complexity index is 357. The third-order valence-electron chi connectivity index (χ3n) is 3.57. The van der Waals surface area contributed by atoms with Crippen LogP contribution in [0, 0.1) is 13.8 Å². The van der Waals surface area contributed by atoms with Crippen molar-refractivity contribution in [3.05, 3.63) is 23.2 Å². The second kappa shape index (κ2) is 6.95. The van der Waals surface area contributed by atoms with Gasteiger partial charge in [-0.2, -0.15) is 0 Å². The Morgan fingerprint density at radius 1 is 1.28 bits per heavy atom. The number of rotatable bonds is 7. The lowest BCUT2D eigenvalue weighted by molar-refractivity contribution is 0.268. The number of nitrogens with zero attached hydrogens (tertiary/aromatic N) is 1. The molecule has 0 spiro atoms. The van der Waals surface area contributed by atoms with E-state index >= 15 is 0 Å². The average molecular weight is 252 g/mol. The quantitative estimate of drug-likeness (QED) is 0.755. The molecule has 0 aliphatic carbocycles. The number of nitrogens with one attached hydrogen (secondary N) is 1. The topological polar surface area (TPSA) is 28.4 Å². The summed E-state index contributed by atoms with van der Waals surface area (Å²) in [7, 11) is 2.18. The van der Waals surface area contributed by atoms with Crippen molar-refractivity contribution in [1.82, 2.24) is 10.2 Å². The molecule has 0 radical (unpaired) electrons. The lowest BCUT2D eigenvalue weighted by Gasteiger charge is -2.21. The van der Waals surface area contributed by atoms with Gasteiger partial charge in [-0.3, -0.25) is 0 Å². The average Bonchev–Trinajstić information content (AvgIpc) is 2.63. The molecular formula is C15H28N2O. The minimum atomic E-state index is 0.367. The van der Waals surface area contributed by atoms with Crippen molar-refractivity contribution in [3.8, 4) is 0 Å². The number of hydrogen-bond donors (Lipinski definition) is 1. The van der Waals surface area contributed by atoms with Gasteiger partial charge in [0.05, 0.1) is 0 Å². The maximum atomic E-state index is 5.56. The zero-order chi connectivity index (χ0) is 13.7. The number of hydrogen-bond acceptors (Lipinski definition) is 3. The van der Waals surface area contributed by atoms with Crippen LogP contribution in [0.25, 0.3) is 0 Å². The van der Waals surface area contributed by atoms with Crippen LogP contribution in [0.1, 0.15) is 50.3 Å². The summed E-state index contributed by atoms with van der Waals surface area (Å²) in [5, 5.41) is 3.56. The summed E-state index contributed by atoms with van der Waals surface area (Å²) >= 11 is 0. The Kier molecular flexibility index (Phi) is 5.89. The van der Waals surface area contributed by atoms with E-state index in [2.05, 4.69) is 44.1 Å². The Labute approximate surface area is 112 Å². The lowest BCUT2D eigenvalue weighted by atomic mass is 10.1. The van der Waals surface area contributed by atoms with Gasteiger partial charge in [0, 0.05) is 17.6 Å². The molecule has 0 saturated carbocycles. The highest BCUT2D eigenvalue weighted by Gasteiger charge is 2.11. The molecule has 1 heterocycles. The molecule has 0 aliphatic heterocycles. The van der Waals surface area contributed by atoms with Gasteiger partial charge in [0.2, 0.25) is 0 Å². The molecule has 0 amide bonds. The highest BCUT2D eigenvalue weighted by molar-refractivity contribution is 5.23. The van der Waals surface area contributed by atoms with Crippen molar-refractivity contribution in [2.45, 2.75) is 53.1 Å². The van der Waals surface area contributed by atoms with Crippen molar-refractivity contribution in [2.24, 2.45) is 0 Å². The molecule has 0 bridgehead atoms. The predicted octanol–water partition coefficient (Wildman–Crippen LogP) is 3.28. The molecule has 18 heavy (non-hydrogen) atoms. The van der Waals surface area contributed by atoms with Crippen molar-refractivity contribution in [3.63, 3.8) is 0 Å². The van der Waals surface area contributed by atoms with E-state index in [9.17, 15) is 0 Å². The molecule has 1 atom stereocenters. The molecule has 3 heteroatoms. The van der Waals surface area contributed by atoms with Gasteiger partial charge in [-0.25, -0.2) is 0 Å². The van der Waals surface area contributed by atoms with E-state index in [-0.39, 0.29) is 0 Å². The molecule has 1 unspecified atom stereocenters. The Morgan fingerprint density at radius 3 is 2.44 bits per heavy atom. The maximum absolute atomic E-state index is 5.56. The molecular weight excluding hydrogens is 224 g/mol. The smallest absolute Gasteiger partial charge is 0.105 e. The third-order valence-corrected chi connectivity index (χ3v) is 3.57. The van der Waals surface area contributed by atoms with Gasteiger partial charge >= 0.3 is 0 Å². The zero-order valence-electron chi connectivity index (χ0n) is 12.7. The van der Waals surface area contributed by atoms with Gasteiger partial charge in [0.1, 0.15) is 11.5 Å². The van der Waals surface area contributed by atoms with Crippen LogP contribution in [0.4, 0.5) is 0 Å². The van der Waals surface area contributed by atoms with Crippen molar-refractivity contribution in [2.75, 3.05) is 20.1 Å². The molecule has 0 aromatic carbocycles. The molecule has 0 fully saturated rings. The van der Waals surface area contributed by atoms with Crippen molar-refractivity contribution >= 4 is 0 Å². The van der Waals surface area contributed by atoms with Crippen molar-refractivity contribution in [1.29, 1.82) is 0 Å². The Balaban J connectivity index is 2.29. The van der Waals surface area contributed by atoms with Gasteiger partial charge < -0.3 is 14.6 Å². The normalized spacial score (nSPS) is 13.6. The highest BCUT2D eigenvalue weighted by atomic mass is 16.3. The largest absolute Gasteiger partial charge is 0.466 e. The van der Waals surface area contributed by atoms with Crippen LogP contribution in [0.15, 0.2) is 10.5 Å². The van der Waals surface area contributed by atoms with Crippen LogP contribution < -0.4 is 5.32 Å². The van der Waals surface area contributed by atoms with Gasteiger partial charge in [-0.15, -0.1) is 0 Å². The lowest BCUT2D eigenvalue weighted by Crippen LogP contribution is -2.30. The van der Waals surface area contributed by atoms with E-state index in [1.165, 1.54) is 12.0 Å². The van der Waals surface area contributed by atoms with Gasteiger partial charge in [0.15, 0.2) is 0 Å². The van der Waals surface area contributed by atoms with Crippen LogP contribution in [0.5, 0.6) is 0 Å². The number of aryl methyl sites for hydroxylation is 2. The second-order valence-corrected chi connectivity index (χ2v) is 5.47. The second-order valence-electron chi connectivity index (χ2n) is 5.47. The van der Waals surface area contributed by atoms with Crippen LogP contribution in [0.2, 0.25) is 0 Å². The summed E-state index contributed by atoms with van der Waals surface area (Å²) in [6.07, 6.45) is 1.18. The van der Waals surface area contributed by atoms with Gasteiger partial charge in [-0.05, 0) is 67.2 Å². The van der Waals surface area contributed by atoms with E-state index in [4.69, 9.17) is 4.42 Å². The van der Waals surface area contributed by atoms with Crippen molar-refractivity contribution < 1.29 is 4.42 Å². The summed E-state index contributed by atoms with van der Waals surface area (Å²) < 4.78 is 5.56. The minimum absolute atomic E-state index is 0.367. The SMILES string of the molecule is Cc1cc(C(C)NCCCN(C)C(C)C)c(C)o1. The first-order valence-corrected chi connectivity index (χ1v) is 6.92. The highest BCUT2D eigenvalue weighted by Crippen LogP contribution is 2.20. The molecule has 1 N–H and O–H groups in total. The fourth-order valence-electron chi connectivity index (χ4n) is 2.10. The van der Waals surface area contributed by atoms with Gasteiger partial charge in [0.25, 0.3) is 0 Å². The summed E-state index contributed by atoms with van der Waals surface area (Å²) in [6, 6.07) is 3.13. The van der Waals surface area contributed by atoms with Crippen LogP contribution in [-0.4, -0.2) is 31.1 Å². The maximum Gasteiger partial charge on any atom is 0.105 e.